The highest BCUT2D eigenvalue weighted by atomic mass is 16.5. The van der Waals surface area contributed by atoms with Gasteiger partial charge in [0, 0.05) is 31.9 Å². The largest absolute Gasteiger partial charge is 0.477 e. The highest BCUT2D eigenvalue weighted by molar-refractivity contribution is 5.31. The summed E-state index contributed by atoms with van der Waals surface area (Å²) < 4.78 is 10.4. The maximum Gasteiger partial charge on any atom is 0.240 e. The number of methoxy groups -OCH3 is 1. The predicted molar refractivity (Wildman–Crippen MR) is 56.6 cm³/mol. The zero-order chi connectivity index (χ0) is 11.1. The minimum atomic E-state index is 0.349. The number of anilines is 1. The van der Waals surface area contributed by atoms with Gasteiger partial charge in [-0.3, -0.25) is 5.43 Å². The van der Waals surface area contributed by atoms with E-state index in [1.165, 1.54) is 0 Å². The third kappa shape index (κ3) is 3.69. The molecule has 3 N–H and O–H groups in total. The molecule has 0 unspecified atom stereocenters. The van der Waals surface area contributed by atoms with Crippen LogP contribution in [0.5, 0.6) is 5.88 Å². The second-order valence-corrected chi connectivity index (χ2v) is 3.02. The summed E-state index contributed by atoms with van der Waals surface area (Å²) in [4.78, 5) is 8.03. The first-order chi connectivity index (χ1) is 7.27. The minimum Gasteiger partial charge on any atom is -0.477 e. The molecule has 6 heteroatoms. The number of hydrogen-bond donors (Lipinski definition) is 2. The zero-order valence-electron chi connectivity index (χ0n) is 8.99. The summed E-state index contributed by atoms with van der Waals surface area (Å²) in [5.41, 5.74) is 3.25. The van der Waals surface area contributed by atoms with Crippen molar-refractivity contribution in [1.82, 2.24) is 9.97 Å². The number of nitrogen functional groups attached to an aromatic ring is 1. The molecule has 1 rings (SSSR count). The van der Waals surface area contributed by atoms with Crippen LogP contribution >= 0.6 is 0 Å². The van der Waals surface area contributed by atoms with Crippen LogP contribution in [0.3, 0.4) is 0 Å². The van der Waals surface area contributed by atoms with E-state index in [0.29, 0.717) is 25.0 Å². The number of ether oxygens (including phenoxy) is 2. The van der Waals surface area contributed by atoms with Gasteiger partial charge in [-0.2, -0.15) is 4.98 Å². The second kappa shape index (κ2) is 6.15. The Hall–Kier alpha value is -1.40. The lowest BCUT2D eigenvalue weighted by Crippen LogP contribution is -2.12. The van der Waals surface area contributed by atoms with Gasteiger partial charge in [0.1, 0.15) is 0 Å². The van der Waals surface area contributed by atoms with Crippen molar-refractivity contribution in [1.29, 1.82) is 0 Å². The minimum absolute atomic E-state index is 0.349. The van der Waals surface area contributed by atoms with Gasteiger partial charge in [-0.05, 0) is 6.92 Å². The van der Waals surface area contributed by atoms with Crippen LogP contribution in [0.1, 0.15) is 12.0 Å². The summed E-state index contributed by atoms with van der Waals surface area (Å²) in [6, 6.07) is 0. The molecule has 1 aromatic rings. The van der Waals surface area contributed by atoms with E-state index < -0.39 is 0 Å². The second-order valence-electron chi connectivity index (χ2n) is 3.02. The van der Waals surface area contributed by atoms with Crippen molar-refractivity contribution in [3.05, 3.63) is 11.8 Å². The Bertz CT molecular complexity index is 306. The Labute approximate surface area is 88.8 Å². The molecular formula is C9H16N4O2. The fourth-order valence-electron chi connectivity index (χ4n) is 1.01. The molecule has 0 aromatic carbocycles. The molecule has 15 heavy (non-hydrogen) atoms. The molecule has 1 heterocycles. The van der Waals surface area contributed by atoms with Crippen molar-refractivity contribution in [3.8, 4) is 5.88 Å². The van der Waals surface area contributed by atoms with Crippen LogP contribution < -0.4 is 16.0 Å². The van der Waals surface area contributed by atoms with Crippen LogP contribution in [0.4, 0.5) is 5.95 Å². The molecule has 0 saturated carbocycles. The number of nitrogens with zero attached hydrogens (tertiary/aromatic N) is 2. The van der Waals surface area contributed by atoms with E-state index in [1.54, 1.807) is 13.3 Å². The molecule has 0 atom stereocenters. The summed E-state index contributed by atoms with van der Waals surface area (Å²) in [5, 5.41) is 0. The van der Waals surface area contributed by atoms with Gasteiger partial charge < -0.3 is 9.47 Å². The van der Waals surface area contributed by atoms with Crippen LogP contribution in [0, 0.1) is 6.92 Å². The van der Waals surface area contributed by atoms with Gasteiger partial charge in [-0.15, -0.1) is 0 Å². The van der Waals surface area contributed by atoms with Crippen molar-refractivity contribution >= 4 is 5.95 Å². The first-order valence-electron chi connectivity index (χ1n) is 4.70. The highest BCUT2D eigenvalue weighted by Gasteiger charge is 2.03. The SMILES string of the molecule is COCCCOc1nc(NN)ncc1C. The number of hydrogen-bond acceptors (Lipinski definition) is 6. The van der Waals surface area contributed by atoms with E-state index in [9.17, 15) is 0 Å². The standard InChI is InChI=1S/C9H16N4O2/c1-7-6-11-9(13-10)12-8(7)15-5-3-4-14-2/h6H,3-5,10H2,1-2H3,(H,11,12,13). The third-order valence-corrected chi connectivity index (χ3v) is 1.79. The fourth-order valence-corrected chi connectivity index (χ4v) is 1.01. The molecule has 0 saturated heterocycles. The summed E-state index contributed by atoms with van der Waals surface area (Å²) in [7, 11) is 1.66. The number of hydrazine groups is 1. The molecule has 84 valence electrons. The Morgan fingerprint density at radius 3 is 2.93 bits per heavy atom. The Balaban J connectivity index is 2.51. The maximum atomic E-state index is 5.45. The zero-order valence-corrected chi connectivity index (χ0v) is 8.99. The van der Waals surface area contributed by atoms with E-state index in [2.05, 4.69) is 15.4 Å². The number of aromatic nitrogens is 2. The van der Waals surface area contributed by atoms with Gasteiger partial charge in [0.2, 0.25) is 11.8 Å². The molecule has 0 spiro atoms. The molecule has 0 radical (unpaired) electrons. The molecule has 1 aromatic heterocycles. The van der Waals surface area contributed by atoms with Crippen LogP contribution in [-0.4, -0.2) is 30.3 Å². The molecule has 0 aliphatic carbocycles. The Morgan fingerprint density at radius 1 is 1.47 bits per heavy atom. The Kier molecular flexibility index (Phi) is 4.79. The monoisotopic (exact) mass is 212 g/mol. The summed E-state index contributed by atoms with van der Waals surface area (Å²) >= 11 is 0. The average molecular weight is 212 g/mol. The topological polar surface area (TPSA) is 82.3 Å². The van der Waals surface area contributed by atoms with Gasteiger partial charge in [0.15, 0.2) is 0 Å². The van der Waals surface area contributed by atoms with E-state index >= 15 is 0 Å². The fraction of sp³-hybridized carbons (Fsp3) is 0.556. The quantitative estimate of drug-likeness (QED) is 0.405. The molecule has 0 bridgehead atoms. The summed E-state index contributed by atoms with van der Waals surface area (Å²) in [6.45, 7) is 3.12. The molecule has 0 fully saturated rings. The van der Waals surface area contributed by atoms with Gasteiger partial charge in [-0.25, -0.2) is 10.8 Å². The Morgan fingerprint density at radius 2 is 2.27 bits per heavy atom. The lowest BCUT2D eigenvalue weighted by atomic mass is 10.4. The van der Waals surface area contributed by atoms with Crippen molar-refractivity contribution in [2.24, 2.45) is 5.84 Å². The van der Waals surface area contributed by atoms with Gasteiger partial charge >= 0.3 is 0 Å². The van der Waals surface area contributed by atoms with Crippen molar-refractivity contribution < 1.29 is 9.47 Å². The lowest BCUT2D eigenvalue weighted by Gasteiger charge is -2.08. The molecule has 0 amide bonds. The van der Waals surface area contributed by atoms with Gasteiger partial charge in [0.05, 0.1) is 6.61 Å². The van der Waals surface area contributed by atoms with Crippen LogP contribution in [0.15, 0.2) is 6.20 Å². The van der Waals surface area contributed by atoms with E-state index in [1.807, 2.05) is 6.92 Å². The normalized spacial score (nSPS) is 10.1. The van der Waals surface area contributed by atoms with E-state index in [4.69, 9.17) is 15.3 Å². The van der Waals surface area contributed by atoms with Gasteiger partial charge in [0.25, 0.3) is 0 Å². The predicted octanol–water partition coefficient (Wildman–Crippen LogP) is 0.486. The summed E-state index contributed by atoms with van der Waals surface area (Å²) in [5.74, 6) is 6.09. The van der Waals surface area contributed by atoms with Gasteiger partial charge in [-0.1, -0.05) is 0 Å². The number of rotatable bonds is 6. The van der Waals surface area contributed by atoms with Crippen molar-refractivity contribution in [3.63, 3.8) is 0 Å². The highest BCUT2D eigenvalue weighted by Crippen LogP contribution is 2.14. The van der Waals surface area contributed by atoms with Crippen molar-refractivity contribution in [2.45, 2.75) is 13.3 Å². The van der Waals surface area contributed by atoms with E-state index in [0.717, 1.165) is 12.0 Å². The average Bonchev–Trinajstić information content (AvgIpc) is 2.26. The molecule has 6 nitrogen and oxygen atoms in total. The van der Waals surface area contributed by atoms with Crippen LogP contribution in [0.25, 0.3) is 0 Å². The number of nitrogens with one attached hydrogen (secondary N) is 1. The van der Waals surface area contributed by atoms with E-state index in [-0.39, 0.29) is 0 Å². The smallest absolute Gasteiger partial charge is 0.240 e. The van der Waals surface area contributed by atoms with Crippen LogP contribution in [0.2, 0.25) is 0 Å². The lowest BCUT2D eigenvalue weighted by molar-refractivity contribution is 0.170. The molecule has 0 aliphatic rings. The maximum absolute atomic E-state index is 5.45. The number of nitrogens with two attached hydrogens (primary N) is 1. The molecule has 0 aliphatic heterocycles. The number of aryl methyl sites for hydroxylation is 1. The van der Waals surface area contributed by atoms with Crippen molar-refractivity contribution in [2.75, 3.05) is 25.7 Å². The first kappa shape index (κ1) is 11.7. The first-order valence-corrected chi connectivity index (χ1v) is 4.70. The van der Waals surface area contributed by atoms with Crippen LogP contribution in [-0.2, 0) is 4.74 Å². The third-order valence-electron chi connectivity index (χ3n) is 1.79. The molecular weight excluding hydrogens is 196 g/mol. The summed E-state index contributed by atoms with van der Waals surface area (Å²) in [6.07, 6.45) is 2.49.